The van der Waals surface area contributed by atoms with E-state index in [4.69, 9.17) is 5.73 Å². The highest BCUT2D eigenvalue weighted by molar-refractivity contribution is 14.1. The number of amides is 1. The summed E-state index contributed by atoms with van der Waals surface area (Å²) in [6.07, 6.45) is 1.42. The third-order valence-corrected chi connectivity index (χ3v) is 4.39. The summed E-state index contributed by atoms with van der Waals surface area (Å²) in [5.41, 5.74) is 7.65. The van der Waals surface area contributed by atoms with Crippen molar-refractivity contribution in [3.8, 4) is 0 Å². The average molecular weight is 394 g/mol. The maximum absolute atomic E-state index is 12.8. The van der Waals surface area contributed by atoms with Gasteiger partial charge in [-0.1, -0.05) is 13.8 Å². The van der Waals surface area contributed by atoms with E-state index < -0.39 is 0 Å². The van der Waals surface area contributed by atoms with Crippen LogP contribution < -0.4 is 10.6 Å². The van der Waals surface area contributed by atoms with Gasteiger partial charge in [-0.2, -0.15) is 0 Å². The lowest BCUT2D eigenvalue weighted by Crippen LogP contribution is -2.48. The second kappa shape index (κ2) is 4.94. The first kappa shape index (κ1) is 14.2. The molecule has 1 aromatic heterocycles. The first-order valence-corrected chi connectivity index (χ1v) is 7.66. The molecule has 3 rings (SSSR count). The van der Waals surface area contributed by atoms with Crippen LogP contribution in [0.1, 0.15) is 29.9 Å². The normalized spacial score (nSPS) is 16.7. The Hall–Kier alpha value is -1.70. The van der Waals surface area contributed by atoms with Gasteiger partial charge in [0.15, 0.2) is 0 Å². The number of benzene rings is 1. The van der Waals surface area contributed by atoms with Crippen molar-refractivity contribution in [3.63, 3.8) is 0 Å². The molecule has 1 aliphatic heterocycles. The molecule has 0 bridgehead atoms. The van der Waals surface area contributed by atoms with E-state index in [1.807, 2.05) is 24.3 Å². The van der Waals surface area contributed by atoms with Gasteiger partial charge in [-0.05, 0) is 46.9 Å². The number of aromatic nitrogens is 2. The molecule has 0 saturated heterocycles. The highest BCUT2D eigenvalue weighted by atomic mass is 127. The SMILES string of the molecule is CC1(C)CN(c2ccc(I)cc2)C(=O)c2c(N)ncnc21. The lowest BCUT2D eigenvalue weighted by molar-refractivity contribution is 0.0968. The van der Waals surface area contributed by atoms with Crippen LogP contribution in [0.5, 0.6) is 0 Å². The molecule has 108 valence electrons. The number of nitrogens with zero attached hydrogens (tertiary/aromatic N) is 3. The Morgan fingerprint density at radius 2 is 1.90 bits per heavy atom. The summed E-state index contributed by atoms with van der Waals surface area (Å²) in [6.45, 7) is 4.69. The van der Waals surface area contributed by atoms with E-state index in [0.717, 1.165) is 15.0 Å². The fourth-order valence-corrected chi connectivity index (χ4v) is 2.99. The molecule has 2 N–H and O–H groups in total. The van der Waals surface area contributed by atoms with Crippen molar-refractivity contribution in [3.05, 3.63) is 45.4 Å². The van der Waals surface area contributed by atoms with Gasteiger partial charge in [0.1, 0.15) is 17.7 Å². The predicted molar refractivity (Wildman–Crippen MR) is 90.3 cm³/mol. The second-order valence-electron chi connectivity index (χ2n) is 5.73. The molecule has 21 heavy (non-hydrogen) atoms. The highest BCUT2D eigenvalue weighted by Crippen LogP contribution is 2.35. The van der Waals surface area contributed by atoms with Gasteiger partial charge < -0.3 is 10.6 Å². The molecule has 2 heterocycles. The van der Waals surface area contributed by atoms with Crippen molar-refractivity contribution in [2.75, 3.05) is 17.2 Å². The van der Waals surface area contributed by atoms with Gasteiger partial charge in [0.05, 0.1) is 5.69 Å². The topological polar surface area (TPSA) is 72.1 Å². The number of fused-ring (bicyclic) bond motifs is 1. The molecule has 1 aromatic carbocycles. The molecule has 0 unspecified atom stereocenters. The fraction of sp³-hybridized carbons (Fsp3) is 0.267. The van der Waals surface area contributed by atoms with Gasteiger partial charge in [0, 0.05) is 21.2 Å². The maximum atomic E-state index is 12.8. The number of hydrogen-bond acceptors (Lipinski definition) is 4. The summed E-state index contributed by atoms with van der Waals surface area (Å²) in [6, 6.07) is 7.86. The summed E-state index contributed by atoms with van der Waals surface area (Å²) < 4.78 is 1.13. The standard InChI is InChI=1S/C15H15IN4O/c1-15(2)7-20(10-5-3-9(16)4-6-10)14(21)11-12(15)18-8-19-13(11)17/h3-6,8H,7H2,1-2H3,(H2,17,18,19). The van der Waals surface area contributed by atoms with Crippen molar-refractivity contribution < 1.29 is 4.79 Å². The van der Waals surface area contributed by atoms with E-state index in [1.165, 1.54) is 6.33 Å². The Morgan fingerprint density at radius 1 is 1.24 bits per heavy atom. The van der Waals surface area contributed by atoms with Gasteiger partial charge in [0.25, 0.3) is 5.91 Å². The van der Waals surface area contributed by atoms with Crippen LogP contribution in [0.4, 0.5) is 11.5 Å². The third kappa shape index (κ3) is 2.37. The molecule has 5 nitrogen and oxygen atoms in total. The Labute approximate surface area is 136 Å². The minimum absolute atomic E-state index is 0.136. The van der Waals surface area contributed by atoms with Crippen LogP contribution in [0.3, 0.4) is 0 Å². The highest BCUT2D eigenvalue weighted by Gasteiger charge is 2.40. The molecule has 1 amide bonds. The van der Waals surface area contributed by atoms with Gasteiger partial charge in [0.2, 0.25) is 0 Å². The van der Waals surface area contributed by atoms with E-state index in [-0.39, 0.29) is 17.1 Å². The zero-order valence-electron chi connectivity index (χ0n) is 11.8. The third-order valence-electron chi connectivity index (χ3n) is 3.67. The summed E-state index contributed by atoms with van der Waals surface area (Å²) in [5, 5.41) is 0. The van der Waals surface area contributed by atoms with Gasteiger partial charge in [-0.3, -0.25) is 4.79 Å². The molecule has 2 aromatic rings. The number of carbonyl (C=O) groups excluding carboxylic acids is 1. The van der Waals surface area contributed by atoms with E-state index in [9.17, 15) is 4.79 Å². The lowest BCUT2D eigenvalue weighted by Gasteiger charge is -2.38. The van der Waals surface area contributed by atoms with Crippen LogP contribution in [0.2, 0.25) is 0 Å². The summed E-state index contributed by atoms with van der Waals surface area (Å²) in [7, 11) is 0. The Bertz CT molecular complexity index is 712. The van der Waals surface area contributed by atoms with Crippen LogP contribution in [0, 0.1) is 3.57 Å². The van der Waals surface area contributed by atoms with Crippen molar-refractivity contribution in [2.45, 2.75) is 19.3 Å². The molecule has 0 spiro atoms. The fourth-order valence-electron chi connectivity index (χ4n) is 2.63. The molecular formula is C15H15IN4O. The quantitative estimate of drug-likeness (QED) is 0.755. The first-order chi connectivity index (χ1) is 9.90. The van der Waals surface area contributed by atoms with Gasteiger partial charge in [-0.15, -0.1) is 0 Å². The van der Waals surface area contributed by atoms with E-state index in [2.05, 4.69) is 46.4 Å². The minimum atomic E-state index is -0.275. The predicted octanol–water partition coefficient (Wildman–Crippen LogP) is 2.60. The van der Waals surface area contributed by atoms with Crippen molar-refractivity contribution in [1.82, 2.24) is 9.97 Å². The number of nitrogens with two attached hydrogens (primary N) is 1. The molecule has 0 saturated carbocycles. The van der Waals surface area contributed by atoms with E-state index >= 15 is 0 Å². The number of hydrogen-bond donors (Lipinski definition) is 1. The van der Waals surface area contributed by atoms with Crippen LogP contribution in [0.25, 0.3) is 0 Å². The maximum Gasteiger partial charge on any atom is 0.263 e. The Balaban J connectivity index is 2.13. The van der Waals surface area contributed by atoms with Crippen LogP contribution in [-0.4, -0.2) is 22.4 Å². The van der Waals surface area contributed by atoms with Crippen LogP contribution in [-0.2, 0) is 5.41 Å². The monoisotopic (exact) mass is 394 g/mol. The number of carbonyl (C=O) groups is 1. The van der Waals surface area contributed by atoms with Gasteiger partial charge in [-0.25, -0.2) is 9.97 Å². The molecule has 0 radical (unpaired) electrons. The van der Waals surface area contributed by atoms with Gasteiger partial charge >= 0.3 is 0 Å². The smallest absolute Gasteiger partial charge is 0.263 e. The molecule has 0 atom stereocenters. The number of halogens is 1. The van der Waals surface area contributed by atoms with Crippen molar-refractivity contribution >= 4 is 40.0 Å². The van der Waals surface area contributed by atoms with E-state index in [1.54, 1.807) is 4.90 Å². The Morgan fingerprint density at radius 3 is 2.57 bits per heavy atom. The Kier molecular flexibility index (Phi) is 3.35. The van der Waals surface area contributed by atoms with Crippen molar-refractivity contribution in [2.24, 2.45) is 0 Å². The summed E-state index contributed by atoms with van der Waals surface area (Å²) >= 11 is 2.24. The molecule has 1 aliphatic rings. The molecule has 6 heteroatoms. The molecule has 0 aliphatic carbocycles. The number of rotatable bonds is 1. The first-order valence-electron chi connectivity index (χ1n) is 6.58. The number of nitrogen functional groups attached to an aromatic ring is 1. The molecular weight excluding hydrogens is 379 g/mol. The molecule has 0 fully saturated rings. The lowest BCUT2D eigenvalue weighted by atomic mass is 9.82. The zero-order chi connectivity index (χ0) is 15.2. The van der Waals surface area contributed by atoms with Crippen molar-refractivity contribution in [1.29, 1.82) is 0 Å². The van der Waals surface area contributed by atoms with Crippen LogP contribution >= 0.6 is 22.6 Å². The second-order valence-corrected chi connectivity index (χ2v) is 6.98. The average Bonchev–Trinajstić information content (AvgIpc) is 2.44. The van der Waals surface area contributed by atoms with Crippen LogP contribution in [0.15, 0.2) is 30.6 Å². The van der Waals surface area contributed by atoms with E-state index in [0.29, 0.717) is 12.1 Å². The largest absolute Gasteiger partial charge is 0.383 e. The number of anilines is 2. The summed E-state index contributed by atoms with van der Waals surface area (Å²) in [4.78, 5) is 22.8. The summed E-state index contributed by atoms with van der Waals surface area (Å²) in [5.74, 6) is 0.108. The zero-order valence-corrected chi connectivity index (χ0v) is 14.0. The minimum Gasteiger partial charge on any atom is -0.383 e.